The van der Waals surface area contributed by atoms with Gasteiger partial charge in [-0.05, 0) is 22.0 Å². The third-order valence-electron chi connectivity index (χ3n) is 2.93. The molecule has 2 rings (SSSR count). The van der Waals surface area contributed by atoms with Crippen LogP contribution in [-0.4, -0.2) is 45.3 Å². The molecule has 0 radical (unpaired) electrons. The van der Waals surface area contributed by atoms with Crippen LogP contribution in [0.3, 0.4) is 0 Å². The summed E-state index contributed by atoms with van der Waals surface area (Å²) < 4.78 is 12.9. The third-order valence-corrected chi connectivity index (χ3v) is 3.66. The largest absolute Gasteiger partial charge is 0.464 e. The Balaban J connectivity index is 0.000000231. The van der Waals surface area contributed by atoms with Crippen LogP contribution in [0.5, 0.6) is 0 Å². The summed E-state index contributed by atoms with van der Waals surface area (Å²) in [6.45, 7) is 3.55. The fourth-order valence-electron chi connectivity index (χ4n) is 1.59. The Bertz CT molecular complexity index is 720. The van der Waals surface area contributed by atoms with Crippen molar-refractivity contribution in [2.45, 2.75) is 0 Å². The summed E-state index contributed by atoms with van der Waals surface area (Å²) in [7, 11) is 6.13. The topological polar surface area (TPSA) is 88.2 Å². The second-order valence-electron chi connectivity index (χ2n) is 4.22. The normalized spacial score (nSPS) is 9.61. The maximum Gasteiger partial charge on any atom is 0.356 e. The lowest BCUT2D eigenvalue weighted by atomic mass is 10.5. The zero-order valence-corrected chi connectivity index (χ0v) is 14.8. The van der Waals surface area contributed by atoms with Crippen LogP contribution in [0.2, 0.25) is 0 Å². The predicted octanol–water partition coefficient (Wildman–Crippen LogP) is 1.82. The van der Waals surface area contributed by atoms with Gasteiger partial charge in [-0.15, -0.1) is 0 Å². The second-order valence-corrected chi connectivity index (χ2v) is 4.93. The molecule has 8 nitrogen and oxygen atoms in total. The summed E-state index contributed by atoms with van der Waals surface area (Å²) in [5.74, 6) is -0.126. The molecule has 0 N–H and O–H groups in total. The van der Waals surface area contributed by atoms with Crippen molar-refractivity contribution in [2.24, 2.45) is 14.1 Å². The van der Waals surface area contributed by atoms with Gasteiger partial charge in [-0.1, -0.05) is 6.58 Å². The molecule has 0 aromatic carbocycles. The van der Waals surface area contributed by atoms with Gasteiger partial charge in [0.2, 0.25) is 0 Å². The van der Waals surface area contributed by atoms with Crippen LogP contribution < -0.4 is 0 Å². The van der Waals surface area contributed by atoms with Gasteiger partial charge in [-0.2, -0.15) is 0 Å². The molecule has 23 heavy (non-hydrogen) atoms. The minimum absolute atomic E-state index is 0.384. The fourth-order valence-corrected chi connectivity index (χ4v) is 1.88. The van der Waals surface area contributed by atoms with Gasteiger partial charge in [0.05, 0.1) is 26.6 Å². The summed E-state index contributed by atoms with van der Waals surface area (Å²) in [4.78, 5) is 29.8. The number of rotatable bonds is 3. The summed E-state index contributed by atoms with van der Waals surface area (Å²) in [6.07, 6.45) is 4.49. The van der Waals surface area contributed by atoms with Crippen LogP contribution in [0.15, 0.2) is 23.7 Å². The Morgan fingerprint density at radius 3 is 1.91 bits per heavy atom. The Labute approximate surface area is 141 Å². The molecule has 0 aliphatic heterocycles. The molecule has 2 aromatic heterocycles. The van der Waals surface area contributed by atoms with Gasteiger partial charge < -0.3 is 18.6 Å². The van der Waals surface area contributed by atoms with Crippen LogP contribution in [0, 0.1) is 0 Å². The van der Waals surface area contributed by atoms with Gasteiger partial charge in [0.1, 0.15) is 17.2 Å². The van der Waals surface area contributed by atoms with Crippen molar-refractivity contribution in [1.29, 1.82) is 0 Å². The molecule has 0 amide bonds. The van der Waals surface area contributed by atoms with Crippen molar-refractivity contribution in [2.75, 3.05) is 14.2 Å². The van der Waals surface area contributed by atoms with E-state index in [9.17, 15) is 9.59 Å². The van der Waals surface area contributed by atoms with E-state index in [2.05, 4.69) is 42.0 Å². The van der Waals surface area contributed by atoms with Crippen LogP contribution >= 0.6 is 15.9 Å². The molecular formula is C14H17BrN4O4. The highest BCUT2D eigenvalue weighted by Crippen LogP contribution is 2.09. The molecule has 0 aliphatic carbocycles. The minimum atomic E-state index is -0.391. The molecule has 0 saturated carbocycles. The number of ether oxygens (including phenoxy) is 2. The Morgan fingerprint density at radius 1 is 1.09 bits per heavy atom. The van der Waals surface area contributed by atoms with Crippen LogP contribution in [0.1, 0.15) is 26.8 Å². The lowest BCUT2D eigenvalue weighted by Crippen LogP contribution is -2.07. The quantitative estimate of drug-likeness (QED) is 0.749. The van der Waals surface area contributed by atoms with E-state index >= 15 is 0 Å². The van der Waals surface area contributed by atoms with Crippen molar-refractivity contribution in [1.82, 2.24) is 19.1 Å². The van der Waals surface area contributed by atoms with Crippen LogP contribution in [0.25, 0.3) is 6.08 Å². The standard InChI is InChI=1S/C8H10N2O2.C6H7BrN2O2/c1-4-7-9-5-6(10(7)2)8(11)12-3;1-9-4(5(10)11-2)3-8-6(9)7/h4-5H,1H2,2-3H3;3H,1-2H3. The number of aromatic nitrogens is 4. The second kappa shape index (κ2) is 8.28. The molecule has 124 valence electrons. The number of halogens is 1. The van der Waals surface area contributed by atoms with Crippen molar-refractivity contribution >= 4 is 33.9 Å². The van der Waals surface area contributed by atoms with E-state index in [1.807, 2.05) is 0 Å². The van der Waals surface area contributed by atoms with Gasteiger partial charge in [0.25, 0.3) is 0 Å². The van der Waals surface area contributed by atoms with Crippen molar-refractivity contribution in [3.05, 3.63) is 40.9 Å². The van der Waals surface area contributed by atoms with Crippen molar-refractivity contribution in [3.8, 4) is 0 Å². The maximum absolute atomic E-state index is 11.0. The van der Waals surface area contributed by atoms with Gasteiger partial charge in [-0.25, -0.2) is 19.6 Å². The summed E-state index contributed by atoms with van der Waals surface area (Å²) >= 11 is 3.16. The Morgan fingerprint density at radius 2 is 1.57 bits per heavy atom. The molecular weight excluding hydrogens is 368 g/mol. The molecule has 0 spiro atoms. The van der Waals surface area contributed by atoms with E-state index in [1.165, 1.54) is 26.6 Å². The number of carbonyl (C=O) groups is 2. The highest BCUT2D eigenvalue weighted by molar-refractivity contribution is 9.10. The minimum Gasteiger partial charge on any atom is -0.464 e. The molecule has 0 unspecified atom stereocenters. The molecule has 0 atom stereocenters. The molecule has 9 heteroatoms. The highest BCUT2D eigenvalue weighted by atomic mass is 79.9. The van der Waals surface area contributed by atoms with Crippen LogP contribution in [-0.2, 0) is 23.6 Å². The van der Waals surface area contributed by atoms with Gasteiger partial charge in [0, 0.05) is 14.1 Å². The molecule has 0 bridgehead atoms. The average Bonchev–Trinajstić information content (AvgIpc) is 3.09. The van der Waals surface area contributed by atoms with Gasteiger partial charge >= 0.3 is 11.9 Å². The number of nitrogens with zero attached hydrogens (tertiary/aromatic N) is 4. The predicted molar refractivity (Wildman–Crippen MR) is 86.9 cm³/mol. The number of methoxy groups -OCH3 is 2. The number of hydrogen-bond donors (Lipinski definition) is 0. The summed E-state index contributed by atoms with van der Waals surface area (Å²) in [5.41, 5.74) is 0.853. The Hall–Kier alpha value is -2.42. The first-order valence-corrected chi connectivity index (χ1v) is 7.14. The van der Waals surface area contributed by atoms with Crippen molar-refractivity contribution < 1.29 is 19.1 Å². The monoisotopic (exact) mass is 384 g/mol. The summed E-state index contributed by atoms with van der Waals surface area (Å²) in [5, 5.41) is 0. The molecule has 0 aliphatic rings. The molecule has 2 heterocycles. The number of imidazole rings is 2. The highest BCUT2D eigenvalue weighted by Gasteiger charge is 2.12. The van der Waals surface area contributed by atoms with E-state index in [1.54, 1.807) is 29.3 Å². The smallest absolute Gasteiger partial charge is 0.356 e. The first-order chi connectivity index (χ1) is 10.9. The van der Waals surface area contributed by atoms with E-state index in [-0.39, 0.29) is 5.97 Å². The number of esters is 2. The first kappa shape index (κ1) is 18.6. The van der Waals surface area contributed by atoms with E-state index in [0.717, 1.165) is 0 Å². The molecule has 0 saturated heterocycles. The van der Waals surface area contributed by atoms with Gasteiger partial charge in [0.15, 0.2) is 4.73 Å². The molecule has 0 fully saturated rings. The average molecular weight is 385 g/mol. The fraction of sp³-hybridized carbons (Fsp3) is 0.286. The lowest BCUT2D eigenvalue weighted by Gasteiger charge is -2.00. The summed E-state index contributed by atoms with van der Waals surface area (Å²) in [6, 6.07) is 0. The molecule has 2 aromatic rings. The Kier molecular flexibility index (Phi) is 6.70. The lowest BCUT2D eigenvalue weighted by molar-refractivity contribution is 0.0581. The van der Waals surface area contributed by atoms with E-state index in [0.29, 0.717) is 21.9 Å². The van der Waals surface area contributed by atoms with E-state index in [4.69, 9.17) is 0 Å². The SMILES string of the molecule is C=Cc1ncc(C(=O)OC)n1C.COC(=O)c1cnc(Br)n1C. The zero-order chi connectivity index (χ0) is 17.6. The number of hydrogen-bond acceptors (Lipinski definition) is 6. The number of carbonyl (C=O) groups excluding carboxylic acids is 2. The van der Waals surface area contributed by atoms with Gasteiger partial charge in [-0.3, -0.25) is 0 Å². The third kappa shape index (κ3) is 4.28. The zero-order valence-electron chi connectivity index (χ0n) is 13.2. The van der Waals surface area contributed by atoms with Crippen LogP contribution in [0.4, 0.5) is 0 Å². The van der Waals surface area contributed by atoms with Crippen molar-refractivity contribution in [3.63, 3.8) is 0 Å². The first-order valence-electron chi connectivity index (χ1n) is 6.35. The van der Waals surface area contributed by atoms with E-state index < -0.39 is 5.97 Å². The maximum atomic E-state index is 11.0.